The predicted molar refractivity (Wildman–Crippen MR) is 97.8 cm³/mol. The number of nitrogens with zero attached hydrogens (tertiary/aromatic N) is 3. The first-order chi connectivity index (χ1) is 12.6. The van der Waals surface area contributed by atoms with Crippen molar-refractivity contribution in [1.29, 1.82) is 5.26 Å². The molecule has 4 aromatic rings. The summed E-state index contributed by atoms with van der Waals surface area (Å²) in [5.74, 6) is 1.16. The molecule has 0 saturated carbocycles. The van der Waals surface area contributed by atoms with Crippen LogP contribution in [0.4, 0.5) is 0 Å². The summed E-state index contributed by atoms with van der Waals surface area (Å²) >= 11 is 0. The molecule has 0 amide bonds. The molecule has 128 valence electrons. The first-order valence-electron chi connectivity index (χ1n) is 8.30. The first-order valence-corrected chi connectivity index (χ1v) is 8.30. The van der Waals surface area contributed by atoms with Gasteiger partial charge in [0.05, 0.1) is 5.56 Å². The van der Waals surface area contributed by atoms with Gasteiger partial charge in [0.25, 0.3) is 5.56 Å². The van der Waals surface area contributed by atoms with E-state index in [9.17, 15) is 10.1 Å². The maximum atomic E-state index is 12.9. The number of nitriles is 1. The Morgan fingerprint density at radius 2 is 1.88 bits per heavy atom. The third kappa shape index (κ3) is 2.42. The minimum atomic E-state index is -0.223. The smallest absolute Gasteiger partial charge is 0.276 e. The first kappa shape index (κ1) is 15.9. The molecule has 0 unspecified atom stereocenters. The van der Waals surface area contributed by atoms with E-state index in [0.717, 1.165) is 5.56 Å². The molecule has 6 heteroatoms. The van der Waals surface area contributed by atoms with E-state index in [0.29, 0.717) is 34.0 Å². The van der Waals surface area contributed by atoms with Gasteiger partial charge in [-0.2, -0.15) is 5.26 Å². The standard InChI is InChI=1S/C20H16N4O2/c1-12(2)17-18(23-19-14(10-21)11-22-24(19)20(17)25)16-9-8-15(26-16)13-6-4-3-5-7-13/h3-9,11-12,22H,1-2H3. The highest BCUT2D eigenvalue weighted by Gasteiger charge is 2.22. The van der Waals surface area contributed by atoms with E-state index in [2.05, 4.69) is 16.2 Å². The largest absolute Gasteiger partial charge is 0.454 e. The van der Waals surface area contributed by atoms with Crippen molar-refractivity contribution in [3.63, 3.8) is 0 Å². The molecule has 0 aliphatic carbocycles. The Bertz CT molecular complexity index is 1190. The van der Waals surface area contributed by atoms with E-state index in [1.165, 1.54) is 10.7 Å². The Morgan fingerprint density at radius 3 is 2.58 bits per heavy atom. The Morgan fingerprint density at radius 1 is 1.15 bits per heavy atom. The second-order valence-corrected chi connectivity index (χ2v) is 6.32. The number of benzene rings is 1. The molecule has 0 aliphatic rings. The number of aromatic amines is 1. The average molecular weight is 344 g/mol. The highest BCUT2D eigenvalue weighted by Crippen LogP contribution is 2.31. The molecule has 1 aromatic carbocycles. The molecule has 3 aromatic heterocycles. The van der Waals surface area contributed by atoms with Crippen molar-refractivity contribution >= 4 is 5.65 Å². The average Bonchev–Trinajstić information content (AvgIpc) is 3.29. The van der Waals surface area contributed by atoms with Gasteiger partial charge in [-0.05, 0) is 18.1 Å². The van der Waals surface area contributed by atoms with Crippen LogP contribution in [0.2, 0.25) is 0 Å². The van der Waals surface area contributed by atoms with Gasteiger partial charge < -0.3 is 4.42 Å². The summed E-state index contributed by atoms with van der Waals surface area (Å²) in [6.45, 7) is 3.87. The van der Waals surface area contributed by atoms with Crippen molar-refractivity contribution in [3.8, 4) is 28.8 Å². The van der Waals surface area contributed by atoms with Crippen LogP contribution in [0.5, 0.6) is 0 Å². The molecular formula is C20H16N4O2. The minimum absolute atomic E-state index is 0.0546. The van der Waals surface area contributed by atoms with Crippen LogP contribution in [0.15, 0.2) is 57.9 Å². The maximum absolute atomic E-state index is 12.9. The molecule has 0 fully saturated rings. The van der Waals surface area contributed by atoms with Crippen LogP contribution >= 0.6 is 0 Å². The van der Waals surface area contributed by atoms with Crippen LogP contribution < -0.4 is 5.56 Å². The zero-order valence-corrected chi connectivity index (χ0v) is 14.4. The van der Waals surface area contributed by atoms with Gasteiger partial charge in [0.2, 0.25) is 0 Å². The van der Waals surface area contributed by atoms with E-state index >= 15 is 0 Å². The molecule has 0 aliphatic heterocycles. The van der Waals surface area contributed by atoms with Crippen molar-refractivity contribution < 1.29 is 4.42 Å². The van der Waals surface area contributed by atoms with Crippen LogP contribution in [-0.2, 0) is 0 Å². The van der Waals surface area contributed by atoms with Crippen molar-refractivity contribution in [2.75, 3.05) is 0 Å². The number of hydrogen-bond donors (Lipinski definition) is 1. The van der Waals surface area contributed by atoms with Crippen molar-refractivity contribution in [1.82, 2.24) is 14.6 Å². The van der Waals surface area contributed by atoms with Crippen molar-refractivity contribution in [2.24, 2.45) is 0 Å². The van der Waals surface area contributed by atoms with E-state index in [-0.39, 0.29) is 11.5 Å². The summed E-state index contributed by atoms with van der Waals surface area (Å²) in [6, 6.07) is 15.5. The molecule has 0 radical (unpaired) electrons. The second kappa shape index (κ2) is 6.05. The molecule has 6 nitrogen and oxygen atoms in total. The van der Waals surface area contributed by atoms with Gasteiger partial charge in [-0.15, -0.1) is 0 Å². The van der Waals surface area contributed by atoms with Gasteiger partial charge in [0.15, 0.2) is 11.4 Å². The lowest BCUT2D eigenvalue weighted by Crippen LogP contribution is -2.22. The molecule has 4 rings (SSSR count). The number of aromatic nitrogens is 3. The lowest BCUT2D eigenvalue weighted by atomic mass is 10.0. The Hall–Kier alpha value is -3.59. The fourth-order valence-corrected chi connectivity index (χ4v) is 3.04. The minimum Gasteiger partial charge on any atom is -0.454 e. The van der Waals surface area contributed by atoms with E-state index in [1.54, 1.807) is 0 Å². The summed E-state index contributed by atoms with van der Waals surface area (Å²) in [5.41, 5.74) is 2.36. The SMILES string of the molecule is CC(C)c1c(-c2ccc(-c3ccccc3)o2)nc2c(C#N)c[nH]n2c1=O. The predicted octanol–water partition coefficient (Wildman–Crippen LogP) is 3.94. The van der Waals surface area contributed by atoms with Crippen molar-refractivity contribution in [2.45, 2.75) is 19.8 Å². The number of rotatable bonds is 3. The topological polar surface area (TPSA) is 87.1 Å². The number of H-pyrrole nitrogens is 1. The van der Waals surface area contributed by atoms with Gasteiger partial charge in [-0.1, -0.05) is 44.2 Å². The van der Waals surface area contributed by atoms with E-state index in [4.69, 9.17) is 4.42 Å². The molecule has 0 spiro atoms. The third-order valence-electron chi connectivity index (χ3n) is 4.29. The Labute approximate surface area is 149 Å². The molecule has 0 bridgehead atoms. The molecular weight excluding hydrogens is 328 g/mol. The Balaban J connectivity index is 1.96. The molecule has 1 N–H and O–H groups in total. The van der Waals surface area contributed by atoms with Crippen LogP contribution in [0.25, 0.3) is 28.4 Å². The van der Waals surface area contributed by atoms with Crippen LogP contribution in [0.3, 0.4) is 0 Å². The highest BCUT2D eigenvalue weighted by molar-refractivity contribution is 5.68. The zero-order valence-electron chi connectivity index (χ0n) is 14.4. The summed E-state index contributed by atoms with van der Waals surface area (Å²) < 4.78 is 7.30. The van der Waals surface area contributed by atoms with Gasteiger partial charge in [0.1, 0.15) is 23.1 Å². The molecule has 0 atom stereocenters. The van der Waals surface area contributed by atoms with E-state index in [1.807, 2.05) is 56.3 Å². The van der Waals surface area contributed by atoms with Gasteiger partial charge in [-0.25, -0.2) is 9.50 Å². The second-order valence-electron chi connectivity index (χ2n) is 6.32. The third-order valence-corrected chi connectivity index (χ3v) is 4.29. The molecule has 26 heavy (non-hydrogen) atoms. The van der Waals surface area contributed by atoms with Gasteiger partial charge in [-0.3, -0.25) is 9.89 Å². The summed E-state index contributed by atoms with van der Waals surface area (Å²) in [5, 5.41) is 12.1. The summed E-state index contributed by atoms with van der Waals surface area (Å²) in [6.07, 6.45) is 1.48. The van der Waals surface area contributed by atoms with E-state index < -0.39 is 0 Å². The zero-order chi connectivity index (χ0) is 18.3. The lowest BCUT2D eigenvalue weighted by molar-refractivity contribution is 0.592. The van der Waals surface area contributed by atoms with Crippen molar-refractivity contribution in [3.05, 3.63) is 70.1 Å². The molecule has 3 heterocycles. The van der Waals surface area contributed by atoms with Gasteiger partial charge in [0, 0.05) is 11.8 Å². The number of fused-ring (bicyclic) bond motifs is 1. The van der Waals surface area contributed by atoms with Crippen LogP contribution in [-0.4, -0.2) is 14.6 Å². The van der Waals surface area contributed by atoms with Crippen LogP contribution in [0.1, 0.15) is 30.9 Å². The van der Waals surface area contributed by atoms with Gasteiger partial charge >= 0.3 is 0 Å². The maximum Gasteiger partial charge on any atom is 0.276 e. The molecule has 0 saturated heterocycles. The fraction of sp³-hybridized carbons (Fsp3) is 0.150. The summed E-state index contributed by atoms with van der Waals surface area (Å²) in [7, 11) is 0. The van der Waals surface area contributed by atoms with Crippen LogP contribution in [0, 0.1) is 11.3 Å². The summed E-state index contributed by atoms with van der Waals surface area (Å²) in [4.78, 5) is 17.5. The number of hydrogen-bond acceptors (Lipinski definition) is 4. The quantitative estimate of drug-likeness (QED) is 0.610. The highest BCUT2D eigenvalue weighted by atomic mass is 16.3. The lowest BCUT2D eigenvalue weighted by Gasteiger charge is -2.10. The monoisotopic (exact) mass is 344 g/mol. The number of nitrogens with one attached hydrogen (secondary N) is 1. The normalized spacial score (nSPS) is 11.2. The fourth-order valence-electron chi connectivity index (χ4n) is 3.04. The Kier molecular flexibility index (Phi) is 3.70. The number of furan rings is 1.